The lowest BCUT2D eigenvalue weighted by Crippen LogP contribution is -2.46. The molecule has 1 amide bonds. The number of guanidine groups is 1. The summed E-state index contributed by atoms with van der Waals surface area (Å²) in [5.41, 5.74) is 1.46. The quantitative estimate of drug-likeness (QED) is 0.420. The second-order valence-corrected chi connectivity index (χ2v) is 7.13. The molecular weight excluding hydrogens is 427 g/mol. The van der Waals surface area contributed by atoms with Gasteiger partial charge < -0.3 is 15.1 Å². The monoisotopic (exact) mass is 458 g/mol. The number of hydrogen-bond donors (Lipinski definition) is 1. The number of hydrogen-bond acceptors (Lipinski definition) is 2. The van der Waals surface area contributed by atoms with Crippen LogP contribution in [0.5, 0.6) is 0 Å². The lowest BCUT2D eigenvalue weighted by atomic mass is 9.93. The molecule has 1 aliphatic rings. The third-order valence-electron chi connectivity index (χ3n) is 4.54. The van der Waals surface area contributed by atoms with E-state index in [4.69, 9.17) is 0 Å². The predicted molar refractivity (Wildman–Crippen MR) is 114 cm³/mol. The van der Waals surface area contributed by atoms with Crippen LogP contribution in [-0.2, 0) is 11.3 Å². The summed E-state index contributed by atoms with van der Waals surface area (Å²) in [5.74, 6) is 0.922. The summed E-state index contributed by atoms with van der Waals surface area (Å²) in [6.45, 7) is 10.1. The van der Waals surface area contributed by atoms with Crippen LogP contribution >= 0.6 is 24.0 Å². The highest BCUT2D eigenvalue weighted by Gasteiger charge is 2.31. The number of nitrogens with one attached hydrogen (secondary N) is 1. The van der Waals surface area contributed by atoms with Crippen molar-refractivity contribution in [2.45, 2.75) is 33.7 Å². The summed E-state index contributed by atoms with van der Waals surface area (Å²) in [6, 6.07) is 10.1. The molecule has 6 heteroatoms. The molecule has 0 bridgehead atoms. The van der Waals surface area contributed by atoms with Gasteiger partial charge in [-0.25, -0.2) is 0 Å². The zero-order valence-corrected chi connectivity index (χ0v) is 18.1. The van der Waals surface area contributed by atoms with Crippen LogP contribution in [-0.4, -0.2) is 54.9 Å². The first-order chi connectivity index (χ1) is 11.4. The second kappa shape index (κ2) is 9.99. The van der Waals surface area contributed by atoms with Crippen molar-refractivity contribution in [2.75, 3.05) is 33.2 Å². The maximum atomic E-state index is 12.5. The number of aliphatic imine (C=N–C) groups is 1. The molecule has 0 aliphatic carbocycles. The number of carbonyl (C=O) groups excluding carboxylic acids is 1. The van der Waals surface area contributed by atoms with Gasteiger partial charge in [0.1, 0.15) is 0 Å². The van der Waals surface area contributed by atoms with Gasteiger partial charge in [-0.05, 0) is 24.3 Å². The van der Waals surface area contributed by atoms with Gasteiger partial charge in [0.05, 0.1) is 6.54 Å². The average molecular weight is 458 g/mol. The summed E-state index contributed by atoms with van der Waals surface area (Å²) in [5, 5.41) is 3.23. The zero-order valence-electron chi connectivity index (χ0n) is 15.8. The Hall–Kier alpha value is -1.31. The topological polar surface area (TPSA) is 47.9 Å². The molecule has 0 unspecified atom stereocenters. The number of likely N-dealkylation sites (N-methyl/N-ethyl adjacent to an activating group) is 1. The number of likely N-dealkylation sites (tertiary alicyclic amines) is 1. The van der Waals surface area contributed by atoms with Gasteiger partial charge in [0.25, 0.3) is 0 Å². The van der Waals surface area contributed by atoms with E-state index in [1.807, 2.05) is 30.0 Å². The Morgan fingerprint density at radius 1 is 1.32 bits per heavy atom. The third-order valence-corrected chi connectivity index (χ3v) is 4.54. The maximum absolute atomic E-state index is 12.5. The van der Waals surface area contributed by atoms with Crippen LogP contribution in [0.15, 0.2) is 35.3 Å². The highest BCUT2D eigenvalue weighted by molar-refractivity contribution is 14.0. The zero-order chi connectivity index (χ0) is 17.6. The summed E-state index contributed by atoms with van der Waals surface area (Å²) in [6.07, 6.45) is 1.15. The molecule has 1 heterocycles. The number of halogens is 1. The molecular formula is C19H31IN4O. The van der Waals surface area contributed by atoms with Gasteiger partial charge in [-0.3, -0.25) is 9.79 Å². The highest BCUT2D eigenvalue weighted by atomic mass is 127. The SMILES string of the molecule is CCN(Cc1ccccc1)C(=O)CNC(=NC)N1CCC(C)(C)C1.I. The minimum absolute atomic E-state index is 0. The number of amides is 1. The lowest BCUT2D eigenvalue weighted by Gasteiger charge is -2.25. The number of carbonyl (C=O) groups is 1. The first-order valence-electron chi connectivity index (χ1n) is 8.72. The Kier molecular flexibility index (Phi) is 8.68. The van der Waals surface area contributed by atoms with E-state index >= 15 is 0 Å². The van der Waals surface area contributed by atoms with Crippen LogP contribution in [0, 0.1) is 5.41 Å². The van der Waals surface area contributed by atoms with Crippen LogP contribution in [0.1, 0.15) is 32.8 Å². The van der Waals surface area contributed by atoms with Crippen molar-refractivity contribution in [2.24, 2.45) is 10.4 Å². The first-order valence-corrected chi connectivity index (χ1v) is 8.72. The van der Waals surface area contributed by atoms with Crippen molar-refractivity contribution >= 4 is 35.8 Å². The summed E-state index contributed by atoms with van der Waals surface area (Å²) < 4.78 is 0. The van der Waals surface area contributed by atoms with Crippen LogP contribution in [0.25, 0.3) is 0 Å². The van der Waals surface area contributed by atoms with Crippen molar-refractivity contribution in [1.29, 1.82) is 0 Å². The van der Waals surface area contributed by atoms with Crippen molar-refractivity contribution in [3.63, 3.8) is 0 Å². The molecule has 1 N–H and O–H groups in total. The first kappa shape index (κ1) is 21.7. The van der Waals surface area contributed by atoms with Crippen LogP contribution in [0.3, 0.4) is 0 Å². The average Bonchev–Trinajstić information content (AvgIpc) is 2.93. The van der Waals surface area contributed by atoms with E-state index in [1.54, 1.807) is 7.05 Å². The van der Waals surface area contributed by atoms with E-state index in [2.05, 4.69) is 41.2 Å². The Balaban J connectivity index is 0.00000312. The Morgan fingerprint density at radius 3 is 2.52 bits per heavy atom. The standard InChI is InChI=1S/C19H30N4O.HI/c1-5-22(14-16-9-7-6-8-10-16)17(24)13-21-18(20-4)23-12-11-19(2,3)15-23;/h6-10H,5,11-15H2,1-4H3,(H,20,21);1H. The van der Waals surface area contributed by atoms with Crippen LogP contribution in [0.4, 0.5) is 0 Å². The molecule has 1 fully saturated rings. The normalized spacial score (nSPS) is 16.3. The molecule has 5 nitrogen and oxygen atoms in total. The molecule has 140 valence electrons. The van der Waals surface area contributed by atoms with Gasteiger partial charge in [0.2, 0.25) is 5.91 Å². The lowest BCUT2D eigenvalue weighted by molar-refractivity contribution is -0.130. The summed E-state index contributed by atoms with van der Waals surface area (Å²) in [4.78, 5) is 21.0. The fourth-order valence-electron chi connectivity index (χ4n) is 3.07. The summed E-state index contributed by atoms with van der Waals surface area (Å²) in [7, 11) is 1.78. The Morgan fingerprint density at radius 2 is 2.00 bits per heavy atom. The van der Waals surface area contributed by atoms with Gasteiger partial charge in [-0.15, -0.1) is 24.0 Å². The van der Waals surface area contributed by atoms with E-state index < -0.39 is 0 Å². The number of rotatable bonds is 5. The molecule has 0 saturated carbocycles. The molecule has 0 spiro atoms. The van der Waals surface area contributed by atoms with Gasteiger partial charge in [0, 0.05) is 33.2 Å². The fourth-order valence-corrected chi connectivity index (χ4v) is 3.07. The Labute approximate surface area is 168 Å². The Bertz CT molecular complexity index is 574. The molecule has 2 rings (SSSR count). The van der Waals surface area contributed by atoms with Gasteiger partial charge in [0.15, 0.2) is 5.96 Å². The molecule has 0 atom stereocenters. The van der Waals surface area contributed by atoms with Crippen LogP contribution in [0.2, 0.25) is 0 Å². The third kappa shape index (κ3) is 6.49. The minimum Gasteiger partial charge on any atom is -0.347 e. The van der Waals surface area contributed by atoms with Crippen molar-refractivity contribution in [3.8, 4) is 0 Å². The van der Waals surface area contributed by atoms with Crippen molar-refractivity contribution < 1.29 is 4.79 Å². The number of benzene rings is 1. The fraction of sp³-hybridized carbons (Fsp3) is 0.579. The van der Waals surface area contributed by atoms with E-state index in [1.165, 1.54) is 0 Å². The molecule has 1 saturated heterocycles. The smallest absolute Gasteiger partial charge is 0.242 e. The van der Waals surface area contributed by atoms with Gasteiger partial charge in [-0.2, -0.15) is 0 Å². The van der Waals surface area contributed by atoms with E-state index in [0.29, 0.717) is 18.5 Å². The maximum Gasteiger partial charge on any atom is 0.242 e. The highest BCUT2D eigenvalue weighted by Crippen LogP contribution is 2.28. The molecule has 1 aliphatic heterocycles. The molecule has 1 aromatic rings. The summed E-state index contributed by atoms with van der Waals surface area (Å²) >= 11 is 0. The molecule has 25 heavy (non-hydrogen) atoms. The largest absolute Gasteiger partial charge is 0.347 e. The van der Waals surface area contributed by atoms with E-state index in [9.17, 15) is 4.79 Å². The second-order valence-electron chi connectivity index (χ2n) is 7.13. The van der Waals surface area contributed by atoms with E-state index in [0.717, 1.165) is 31.0 Å². The molecule has 0 radical (unpaired) electrons. The predicted octanol–water partition coefficient (Wildman–Crippen LogP) is 2.96. The van der Waals surface area contributed by atoms with E-state index in [-0.39, 0.29) is 36.4 Å². The number of nitrogens with zero attached hydrogens (tertiary/aromatic N) is 3. The van der Waals surface area contributed by atoms with Gasteiger partial charge >= 0.3 is 0 Å². The molecule has 0 aromatic heterocycles. The molecule has 1 aromatic carbocycles. The van der Waals surface area contributed by atoms with Crippen LogP contribution < -0.4 is 5.32 Å². The van der Waals surface area contributed by atoms with Crippen molar-refractivity contribution in [1.82, 2.24) is 15.1 Å². The van der Waals surface area contributed by atoms with Gasteiger partial charge in [-0.1, -0.05) is 44.2 Å². The minimum atomic E-state index is 0. The van der Waals surface area contributed by atoms with Crippen molar-refractivity contribution in [3.05, 3.63) is 35.9 Å².